The van der Waals surface area contributed by atoms with E-state index in [0.717, 1.165) is 18.9 Å². The number of carbonyl (C=O) groups excluding carboxylic acids is 1. The number of carbonyl (C=O) groups is 1. The second kappa shape index (κ2) is 6.83. The highest BCUT2D eigenvalue weighted by Crippen LogP contribution is 2.35. The summed E-state index contributed by atoms with van der Waals surface area (Å²) in [5, 5.41) is 2.50. The third kappa shape index (κ3) is 3.89. The molecule has 0 aliphatic heterocycles. The van der Waals surface area contributed by atoms with Crippen molar-refractivity contribution in [3.05, 3.63) is 29.3 Å². The Balaban J connectivity index is 3.17. The van der Waals surface area contributed by atoms with E-state index in [1.54, 1.807) is 7.05 Å². The summed E-state index contributed by atoms with van der Waals surface area (Å²) in [4.78, 5) is 13.8. The van der Waals surface area contributed by atoms with Crippen LogP contribution in [0, 0.1) is 0 Å². The molecule has 0 unspecified atom stereocenters. The van der Waals surface area contributed by atoms with Gasteiger partial charge in [0.2, 0.25) is 0 Å². The van der Waals surface area contributed by atoms with Crippen molar-refractivity contribution in [2.75, 3.05) is 19.4 Å². The number of hydrogen-bond donors (Lipinski definition) is 1. The molecule has 0 heterocycles. The van der Waals surface area contributed by atoms with Crippen molar-refractivity contribution in [3.8, 4) is 0 Å². The predicted molar refractivity (Wildman–Crippen MR) is 77.5 cm³/mol. The van der Waals surface area contributed by atoms with E-state index < -0.39 is 17.6 Å². The molecule has 0 fully saturated rings. The first-order valence-electron chi connectivity index (χ1n) is 6.92. The van der Waals surface area contributed by atoms with Gasteiger partial charge in [-0.3, -0.25) is 4.79 Å². The van der Waals surface area contributed by atoms with Gasteiger partial charge in [-0.05, 0) is 31.0 Å². The van der Waals surface area contributed by atoms with E-state index >= 15 is 0 Å². The SMILES string of the molecule is CCC(CC)N(C)C(=O)c1ccc(NC)c(C(F)(F)F)c1. The van der Waals surface area contributed by atoms with Crippen LogP contribution in [0.15, 0.2) is 18.2 Å². The molecule has 1 aromatic rings. The molecule has 6 heteroatoms. The van der Waals surface area contributed by atoms with Crippen LogP contribution in [0.4, 0.5) is 18.9 Å². The van der Waals surface area contributed by atoms with E-state index in [4.69, 9.17) is 0 Å². The van der Waals surface area contributed by atoms with E-state index in [0.29, 0.717) is 0 Å². The third-order valence-electron chi connectivity index (χ3n) is 3.65. The number of hydrogen-bond acceptors (Lipinski definition) is 2. The zero-order chi connectivity index (χ0) is 16.2. The smallest absolute Gasteiger partial charge is 0.388 e. The molecule has 0 saturated carbocycles. The maximum Gasteiger partial charge on any atom is 0.418 e. The molecule has 118 valence electrons. The van der Waals surface area contributed by atoms with Crippen molar-refractivity contribution >= 4 is 11.6 Å². The number of anilines is 1. The van der Waals surface area contributed by atoms with Crippen LogP contribution in [0.25, 0.3) is 0 Å². The molecule has 0 aliphatic carbocycles. The molecule has 0 spiro atoms. The first-order chi connectivity index (χ1) is 9.76. The van der Waals surface area contributed by atoms with Crippen molar-refractivity contribution in [1.29, 1.82) is 0 Å². The third-order valence-corrected chi connectivity index (χ3v) is 3.65. The van der Waals surface area contributed by atoms with Gasteiger partial charge in [0.15, 0.2) is 0 Å². The van der Waals surface area contributed by atoms with Crippen LogP contribution < -0.4 is 5.32 Å². The van der Waals surface area contributed by atoms with Crippen LogP contribution in [0.2, 0.25) is 0 Å². The van der Waals surface area contributed by atoms with Crippen molar-refractivity contribution in [2.45, 2.75) is 38.9 Å². The Hall–Kier alpha value is -1.72. The van der Waals surface area contributed by atoms with Crippen molar-refractivity contribution in [3.63, 3.8) is 0 Å². The molecule has 1 N–H and O–H groups in total. The Bertz CT molecular complexity index is 496. The van der Waals surface area contributed by atoms with E-state index in [2.05, 4.69) is 5.32 Å². The highest BCUT2D eigenvalue weighted by molar-refractivity contribution is 5.95. The largest absolute Gasteiger partial charge is 0.418 e. The molecule has 0 radical (unpaired) electrons. The zero-order valence-corrected chi connectivity index (χ0v) is 12.7. The van der Waals surface area contributed by atoms with Gasteiger partial charge in [-0.25, -0.2) is 0 Å². The highest BCUT2D eigenvalue weighted by Gasteiger charge is 2.34. The molecule has 0 aliphatic rings. The maximum atomic E-state index is 13.0. The van der Waals surface area contributed by atoms with Gasteiger partial charge < -0.3 is 10.2 Å². The molecule has 21 heavy (non-hydrogen) atoms. The summed E-state index contributed by atoms with van der Waals surface area (Å²) in [6, 6.07) is 3.64. The second-order valence-electron chi connectivity index (χ2n) is 4.89. The molecule has 0 saturated heterocycles. The quantitative estimate of drug-likeness (QED) is 0.891. The van der Waals surface area contributed by atoms with E-state index in [1.165, 1.54) is 24.1 Å². The molecule has 0 aromatic heterocycles. The molecule has 0 bridgehead atoms. The minimum absolute atomic E-state index is 0.0239. The molecular formula is C15H21F3N2O. The summed E-state index contributed by atoms with van der Waals surface area (Å²) in [6.45, 7) is 3.90. The van der Waals surface area contributed by atoms with Gasteiger partial charge in [0.25, 0.3) is 5.91 Å². The average Bonchev–Trinajstić information content (AvgIpc) is 2.46. The molecule has 1 aromatic carbocycles. The Morgan fingerprint density at radius 1 is 1.29 bits per heavy atom. The van der Waals surface area contributed by atoms with Crippen LogP contribution in [0.1, 0.15) is 42.6 Å². The fraction of sp³-hybridized carbons (Fsp3) is 0.533. The van der Waals surface area contributed by atoms with Gasteiger partial charge in [-0.2, -0.15) is 13.2 Å². The molecule has 1 amide bonds. The number of nitrogens with one attached hydrogen (secondary N) is 1. The first-order valence-corrected chi connectivity index (χ1v) is 6.92. The molecular weight excluding hydrogens is 281 g/mol. The number of halogens is 3. The summed E-state index contributed by atoms with van der Waals surface area (Å²) in [6.07, 6.45) is -2.97. The van der Waals surface area contributed by atoms with Crippen LogP contribution in [-0.2, 0) is 6.18 Å². The maximum absolute atomic E-state index is 13.0. The van der Waals surface area contributed by atoms with E-state index in [9.17, 15) is 18.0 Å². The van der Waals surface area contributed by atoms with Crippen molar-refractivity contribution in [1.82, 2.24) is 4.90 Å². The van der Waals surface area contributed by atoms with Gasteiger partial charge in [-0.1, -0.05) is 13.8 Å². The predicted octanol–water partition coefficient (Wildman–Crippen LogP) is 4.01. The lowest BCUT2D eigenvalue weighted by atomic mass is 10.0. The minimum atomic E-state index is -4.50. The highest BCUT2D eigenvalue weighted by atomic mass is 19.4. The van der Waals surface area contributed by atoms with Crippen LogP contribution >= 0.6 is 0 Å². The lowest BCUT2D eigenvalue weighted by Crippen LogP contribution is -2.36. The summed E-state index contributed by atoms with van der Waals surface area (Å²) < 4.78 is 39.0. The topological polar surface area (TPSA) is 32.3 Å². The standard InChI is InChI=1S/C15H21F3N2O/c1-5-11(6-2)20(4)14(21)10-7-8-13(19-3)12(9-10)15(16,17)18/h7-9,11,19H,5-6H2,1-4H3. The van der Waals surface area contributed by atoms with Gasteiger partial charge in [0.05, 0.1) is 5.56 Å². The number of rotatable bonds is 5. The molecule has 1 rings (SSSR count). The fourth-order valence-electron chi connectivity index (χ4n) is 2.34. The summed E-state index contributed by atoms with van der Waals surface area (Å²) in [5.41, 5.74) is -0.811. The van der Waals surface area contributed by atoms with Gasteiger partial charge in [-0.15, -0.1) is 0 Å². The van der Waals surface area contributed by atoms with Crippen molar-refractivity contribution < 1.29 is 18.0 Å². The number of nitrogens with zero attached hydrogens (tertiary/aromatic N) is 1. The fourth-order valence-corrected chi connectivity index (χ4v) is 2.34. The van der Waals surface area contributed by atoms with Gasteiger partial charge >= 0.3 is 6.18 Å². The Morgan fingerprint density at radius 3 is 2.29 bits per heavy atom. The van der Waals surface area contributed by atoms with Crippen LogP contribution in [0.5, 0.6) is 0 Å². The first kappa shape index (κ1) is 17.3. The van der Waals surface area contributed by atoms with E-state index in [-0.39, 0.29) is 17.3 Å². The lowest BCUT2D eigenvalue weighted by molar-refractivity contribution is -0.136. The summed E-state index contributed by atoms with van der Waals surface area (Å²) in [5.74, 6) is -0.392. The van der Waals surface area contributed by atoms with Crippen LogP contribution in [0.3, 0.4) is 0 Å². The number of benzene rings is 1. The Morgan fingerprint density at radius 2 is 1.86 bits per heavy atom. The average molecular weight is 302 g/mol. The van der Waals surface area contributed by atoms with Gasteiger partial charge in [0, 0.05) is 31.4 Å². The molecule has 3 nitrogen and oxygen atoms in total. The second-order valence-corrected chi connectivity index (χ2v) is 4.89. The summed E-state index contributed by atoms with van der Waals surface area (Å²) >= 11 is 0. The monoisotopic (exact) mass is 302 g/mol. The Kier molecular flexibility index (Phi) is 5.63. The van der Waals surface area contributed by atoms with Crippen molar-refractivity contribution in [2.24, 2.45) is 0 Å². The van der Waals surface area contributed by atoms with Gasteiger partial charge in [0.1, 0.15) is 0 Å². The lowest BCUT2D eigenvalue weighted by Gasteiger charge is -2.26. The summed E-state index contributed by atoms with van der Waals surface area (Å²) in [7, 11) is 3.04. The zero-order valence-electron chi connectivity index (χ0n) is 12.7. The molecule has 0 atom stereocenters. The number of amides is 1. The normalized spacial score (nSPS) is 11.6. The minimum Gasteiger partial charge on any atom is -0.388 e. The Labute approximate surface area is 123 Å². The number of alkyl halides is 3. The van der Waals surface area contributed by atoms with E-state index in [1.807, 2.05) is 13.8 Å². The van der Waals surface area contributed by atoms with Crippen LogP contribution in [-0.4, -0.2) is 30.9 Å².